The second-order valence-corrected chi connectivity index (χ2v) is 7.84. The van der Waals surface area contributed by atoms with Gasteiger partial charge in [-0.25, -0.2) is 0 Å². The molecule has 0 amide bonds. The average molecular weight is 350 g/mol. The highest BCUT2D eigenvalue weighted by molar-refractivity contribution is 9.10. The average Bonchev–Trinajstić information content (AvgIpc) is 3.09. The normalized spacial score (nSPS) is 29.0. The predicted molar refractivity (Wildman–Crippen MR) is 89.5 cm³/mol. The molecule has 2 fully saturated rings. The maximum Gasteiger partial charge on any atom is 0.179 e. The number of benzene rings is 1. The lowest BCUT2D eigenvalue weighted by atomic mass is 9.88. The largest absolute Gasteiger partial charge is 0.296 e. The zero-order valence-corrected chi connectivity index (χ0v) is 14.5. The van der Waals surface area contributed by atoms with E-state index in [-0.39, 0.29) is 11.8 Å². The van der Waals surface area contributed by atoms with Gasteiger partial charge in [0.05, 0.1) is 6.04 Å². The Morgan fingerprint density at radius 2 is 2.00 bits per heavy atom. The molecule has 1 aromatic carbocycles. The van der Waals surface area contributed by atoms with Crippen molar-refractivity contribution in [3.63, 3.8) is 0 Å². The quantitative estimate of drug-likeness (QED) is 0.734. The number of hydrogen-bond acceptors (Lipinski definition) is 2. The van der Waals surface area contributed by atoms with E-state index in [1.54, 1.807) is 0 Å². The summed E-state index contributed by atoms with van der Waals surface area (Å²) in [5.41, 5.74) is 0.811. The van der Waals surface area contributed by atoms with Crippen molar-refractivity contribution in [1.29, 1.82) is 0 Å². The van der Waals surface area contributed by atoms with Crippen LogP contribution in [0.25, 0.3) is 0 Å². The summed E-state index contributed by atoms with van der Waals surface area (Å²) >= 11 is 3.42. The molecule has 0 saturated heterocycles. The van der Waals surface area contributed by atoms with Crippen LogP contribution in [0.5, 0.6) is 0 Å². The summed E-state index contributed by atoms with van der Waals surface area (Å²) in [4.78, 5) is 14.8. The fourth-order valence-electron chi connectivity index (χ4n) is 4.18. The Labute approximate surface area is 136 Å². The number of likely N-dealkylation sites (N-methyl/N-ethyl adjacent to an activating group) is 1. The topological polar surface area (TPSA) is 20.3 Å². The number of carbonyl (C=O) groups excluding carboxylic acids is 1. The molecule has 0 spiro atoms. The number of ketones is 1. The second-order valence-electron chi connectivity index (χ2n) is 6.92. The summed E-state index contributed by atoms with van der Waals surface area (Å²) in [7, 11) is 2.10. The van der Waals surface area contributed by atoms with Crippen molar-refractivity contribution in [3.05, 3.63) is 34.3 Å². The molecule has 3 rings (SSSR count). The van der Waals surface area contributed by atoms with E-state index in [1.165, 1.54) is 25.7 Å². The molecule has 0 N–H and O–H groups in total. The molecule has 0 aromatic heterocycles. The van der Waals surface area contributed by atoms with Gasteiger partial charge in [0.25, 0.3) is 0 Å². The molecular formula is C18H24BrNO. The van der Waals surface area contributed by atoms with Crippen LogP contribution in [-0.2, 0) is 0 Å². The van der Waals surface area contributed by atoms with Crippen LogP contribution in [0, 0.1) is 17.8 Å². The number of fused-ring (bicyclic) bond motifs is 2. The summed E-state index contributed by atoms with van der Waals surface area (Å²) in [6.07, 6.45) is 5.68. The molecule has 2 aliphatic rings. The molecule has 2 saturated carbocycles. The fraction of sp³-hybridized carbons (Fsp3) is 0.611. The lowest BCUT2D eigenvalue weighted by Crippen LogP contribution is -2.40. The smallest absolute Gasteiger partial charge is 0.179 e. The minimum Gasteiger partial charge on any atom is -0.296 e. The molecule has 2 aliphatic carbocycles. The molecule has 4 atom stereocenters. The van der Waals surface area contributed by atoms with Gasteiger partial charge in [0.2, 0.25) is 0 Å². The van der Waals surface area contributed by atoms with Gasteiger partial charge in [0.15, 0.2) is 5.78 Å². The molecule has 2 bridgehead atoms. The fourth-order valence-corrected chi connectivity index (χ4v) is 4.45. The van der Waals surface area contributed by atoms with Crippen molar-refractivity contribution in [1.82, 2.24) is 4.90 Å². The minimum atomic E-state index is -0.0368. The third kappa shape index (κ3) is 3.24. The molecule has 21 heavy (non-hydrogen) atoms. The van der Waals surface area contributed by atoms with E-state index in [9.17, 15) is 4.79 Å². The lowest BCUT2D eigenvalue weighted by molar-refractivity contribution is 0.0836. The van der Waals surface area contributed by atoms with Gasteiger partial charge in [-0.15, -0.1) is 0 Å². The van der Waals surface area contributed by atoms with Crippen LogP contribution in [0.15, 0.2) is 28.7 Å². The molecule has 4 unspecified atom stereocenters. The van der Waals surface area contributed by atoms with Crippen molar-refractivity contribution >= 4 is 21.7 Å². The minimum absolute atomic E-state index is 0.0368. The highest BCUT2D eigenvalue weighted by atomic mass is 79.9. The predicted octanol–water partition coefficient (Wildman–Crippen LogP) is 4.39. The maximum atomic E-state index is 12.6. The van der Waals surface area contributed by atoms with Crippen LogP contribution in [0.3, 0.4) is 0 Å². The van der Waals surface area contributed by atoms with Crippen LogP contribution < -0.4 is 0 Å². The van der Waals surface area contributed by atoms with Crippen LogP contribution in [0.4, 0.5) is 0 Å². The third-order valence-electron chi connectivity index (χ3n) is 5.58. The van der Waals surface area contributed by atoms with Gasteiger partial charge in [-0.3, -0.25) is 9.69 Å². The van der Waals surface area contributed by atoms with Gasteiger partial charge in [-0.1, -0.05) is 34.5 Å². The summed E-state index contributed by atoms with van der Waals surface area (Å²) in [5.74, 6) is 2.94. The van der Waals surface area contributed by atoms with Gasteiger partial charge >= 0.3 is 0 Å². The van der Waals surface area contributed by atoms with E-state index in [4.69, 9.17) is 0 Å². The van der Waals surface area contributed by atoms with Crippen molar-refractivity contribution in [2.24, 2.45) is 17.8 Å². The second kappa shape index (κ2) is 6.21. The Hall–Kier alpha value is -0.670. The Morgan fingerprint density at radius 3 is 2.57 bits per heavy atom. The van der Waals surface area contributed by atoms with E-state index >= 15 is 0 Å². The first-order valence-electron chi connectivity index (χ1n) is 8.04. The van der Waals surface area contributed by atoms with Crippen molar-refractivity contribution in [2.45, 2.75) is 38.6 Å². The summed E-state index contributed by atoms with van der Waals surface area (Å²) in [6.45, 7) is 3.11. The number of carbonyl (C=O) groups is 1. The monoisotopic (exact) mass is 349 g/mol. The number of nitrogens with zero attached hydrogens (tertiary/aromatic N) is 1. The van der Waals surface area contributed by atoms with E-state index in [0.29, 0.717) is 0 Å². The first-order valence-corrected chi connectivity index (χ1v) is 8.84. The van der Waals surface area contributed by atoms with Crippen LogP contribution in [-0.4, -0.2) is 30.3 Å². The number of halogens is 1. The van der Waals surface area contributed by atoms with Crippen LogP contribution in [0.2, 0.25) is 0 Å². The van der Waals surface area contributed by atoms with Crippen molar-refractivity contribution in [2.75, 3.05) is 13.6 Å². The summed E-state index contributed by atoms with van der Waals surface area (Å²) < 4.78 is 1.02. The highest BCUT2D eigenvalue weighted by Gasteiger charge is 2.40. The summed E-state index contributed by atoms with van der Waals surface area (Å²) in [6, 6.07) is 7.67. The van der Waals surface area contributed by atoms with Gasteiger partial charge in [0.1, 0.15) is 0 Å². The zero-order chi connectivity index (χ0) is 15.0. The highest BCUT2D eigenvalue weighted by Crippen LogP contribution is 2.48. The summed E-state index contributed by atoms with van der Waals surface area (Å²) in [5, 5.41) is 0. The Balaban J connectivity index is 1.60. The zero-order valence-electron chi connectivity index (χ0n) is 12.9. The van der Waals surface area contributed by atoms with Crippen LogP contribution >= 0.6 is 15.9 Å². The van der Waals surface area contributed by atoms with Crippen molar-refractivity contribution in [3.8, 4) is 0 Å². The van der Waals surface area contributed by atoms with E-state index in [1.807, 2.05) is 31.2 Å². The Morgan fingerprint density at radius 1 is 1.29 bits per heavy atom. The van der Waals surface area contributed by atoms with E-state index < -0.39 is 0 Å². The molecule has 3 heteroatoms. The molecule has 0 aliphatic heterocycles. The van der Waals surface area contributed by atoms with Gasteiger partial charge in [0, 0.05) is 16.6 Å². The number of Topliss-reactive ketones (excluding diaryl/α,β-unsaturated/α-hetero) is 1. The van der Waals surface area contributed by atoms with Gasteiger partial charge in [-0.2, -0.15) is 0 Å². The molecular weight excluding hydrogens is 326 g/mol. The standard InChI is InChI=1S/C18H24BrNO/c1-12(18(21)14-5-7-17(19)8-6-14)20(2)11-16-10-13-3-4-15(16)9-13/h5-8,12-13,15-16H,3-4,9-11H2,1-2H3. The molecule has 1 aromatic rings. The van der Waals surface area contributed by atoms with E-state index in [0.717, 1.165) is 34.3 Å². The van der Waals surface area contributed by atoms with Crippen molar-refractivity contribution < 1.29 is 4.79 Å². The van der Waals surface area contributed by atoms with Gasteiger partial charge < -0.3 is 0 Å². The first-order chi connectivity index (χ1) is 10.0. The van der Waals surface area contributed by atoms with Gasteiger partial charge in [-0.05, 0) is 63.1 Å². The molecule has 114 valence electrons. The Bertz CT molecular complexity index is 512. The lowest BCUT2D eigenvalue weighted by Gasteiger charge is -2.30. The number of hydrogen-bond donors (Lipinski definition) is 0. The SMILES string of the molecule is CC(C(=O)c1ccc(Br)cc1)N(C)CC1CC2CCC1C2. The molecule has 0 radical (unpaired) electrons. The van der Waals surface area contributed by atoms with Crippen LogP contribution in [0.1, 0.15) is 43.0 Å². The molecule has 0 heterocycles. The number of rotatable bonds is 5. The Kier molecular flexibility index (Phi) is 4.51. The van der Waals surface area contributed by atoms with E-state index in [2.05, 4.69) is 27.9 Å². The third-order valence-corrected chi connectivity index (χ3v) is 6.11. The first kappa shape index (κ1) is 15.2. The molecule has 2 nitrogen and oxygen atoms in total. The maximum absolute atomic E-state index is 12.6.